The van der Waals surface area contributed by atoms with E-state index in [9.17, 15) is 9.59 Å². The summed E-state index contributed by atoms with van der Waals surface area (Å²) in [7, 11) is 0. The number of aromatic nitrogens is 3. The van der Waals surface area contributed by atoms with Crippen LogP contribution in [0.15, 0.2) is 73.1 Å². The van der Waals surface area contributed by atoms with Crippen LogP contribution in [-0.4, -0.2) is 32.9 Å². The Kier molecular flexibility index (Phi) is 5.52. The van der Waals surface area contributed by atoms with Crippen molar-refractivity contribution in [2.45, 2.75) is 13.5 Å². The normalized spacial score (nSPS) is 10.7. The van der Waals surface area contributed by atoms with Crippen molar-refractivity contribution in [3.05, 3.63) is 78.6 Å². The predicted molar refractivity (Wildman–Crippen MR) is 116 cm³/mol. The largest absolute Gasteiger partial charge is 0.350 e. The van der Waals surface area contributed by atoms with Gasteiger partial charge in [0.15, 0.2) is 0 Å². The number of hydrogen-bond acceptors (Lipinski definition) is 4. The van der Waals surface area contributed by atoms with Crippen LogP contribution in [-0.2, 0) is 11.3 Å². The highest BCUT2D eigenvalue weighted by Gasteiger charge is 2.13. The third kappa shape index (κ3) is 4.20. The monoisotopic (exact) mass is 399 g/mol. The molecule has 0 aliphatic carbocycles. The van der Waals surface area contributed by atoms with E-state index in [-0.39, 0.29) is 11.8 Å². The molecule has 30 heavy (non-hydrogen) atoms. The Balaban J connectivity index is 1.52. The van der Waals surface area contributed by atoms with Gasteiger partial charge in [0.2, 0.25) is 5.91 Å². The first kappa shape index (κ1) is 19.3. The number of para-hydroxylation sites is 2. The third-order valence-corrected chi connectivity index (χ3v) is 4.66. The van der Waals surface area contributed by atoms with Gasteiger partial charge in [-0.1, -0.05) is 18.2 Å². The fourth-order valence-corrected chi connectivity index (χ4v) is 3.35. The lowest BCUT2D eigenvalue weighted by molar-refractivity contribution is -0.114. The van der Waals surface area contributed by atoms with Crippen molar-refractivity contribution in [1.82, 2.24) is 19.9 Å². The van der Waals surface area contributed by atoms with Crippen molar-refractivity contribution in [2.75, 3.05) is 11.9 Å². The number of carbonyl (C=O) groups excluding carboxylic acids is 2. The van der Waals surface area contributed by atoms with Gasteiger partial charge in [-0.25, -0.2) is 4.98 Å². The molecule has 0 aliphatic heterocycles. The van der Waals surface area contributed by atoms with Crippen molar-refractivity contribution in [3.8, 4) is 11.4 Å². The molecule has 7 heteroatoms. The molecule has 2 amide bonds. The van der Waals surface area contributed by atoms with Crippen LogP contribution >= 0.6 is 0 Å². The fraction of sp³-hybridized carbons (Fsp3) is 0.130. The minimum absolute atomic E-state index is 0.178. The van der Waals surface area contributed by atoms with Crippen LogP contribution in [0.1, 0.15) is 17.3 Å². The molecule has 0 atom stereocenters. The van der Waals surface area contributed by atoms with Crippen LogP contribution in [0, 0.1) is 0 Å². The van der Waals surface area contributed by atoms with Crippen LogP contribution in [0.2, 0.25) is 0 Å². The van der Waals surface area contributed by atoms with Gasteiger partial charge in [-0.2, -0.15) is 0 Å². The molecule has 0 fully saturated rings. The third-order valence-electron chi connectivity index (χ3n) is 4.66. The molecular formula is C23H21N5O2. The number of imidazole rings is 1. The molecule has 0 saturated carbocycles. The van der Waals surface area contributed by atoms with E-state index in [0.29, 0.717) is 24.3 Å². The zero-order chi connectivity index (χ0) is 20.9. The molecule has 2 heterocycles. The van der Waals surface area contributed by atoms with Crippen LogP contribution in [0.4, 0.5) is 5.69 Å². The molecule has 2 N–H and O–H groups in total. The first-order chi connectivity index (χ1) is 14.6. The maximum atomic E-state index is 12.6. The zero-order valence-corrected chi connectivity index (χ0v) is 16.5. The van der Waals surface area contributed by atoms with E-state index in [0.717, 1.165) is 22.4 Å². The Bertz CT molecular complexity index is 1200. The molecule has 0 bridgehead atoms. The number of nitrogens with one attached hydrogen (secondary N) is 2. The van der Waals surface area contributed by atoms with E-state index in [1.54, 1.807) is 36.7 Å². The summed E-state index contributed by atoms with van der Waals surface area (Å²) in [6, 6.07) is 18.6. The maximum absolute atomic E-state index is 12.6. The summed E-state index contributed by atoms with van der Waals surface area (Å²) < 4.78 is 2.10. The number of hydrogen-bond donors (Lipinski definition) is 2. The van der Waals surface area contributed by atoms with Gasteiger partial charge < -0.3 is 15.2 Å². The lowest BCUT2D eigenvalue weighted by atomic mass is 10.2. The average Bonchev–Trinajstić information content (AvgIpc) is 3.13. The zero-order valence-electron chi connectivity index (χ0n) is 16.5. The number of benzene rings is 2. The second kappa shape index (κ2) is 8.57. The van der Waals surface area contributed by atoms with E-state index in [1.165, 1.54) is 6.92 Å². The number of amides is 2. The van der Waals surface area contributed by atoms with Crippen LogP contribution in [0.5, 0.6) is 0 Å². The molecule has 2 aromatic heterocycles. The van der Waals surface area contributed by atoms with Gasteiger partial charge in [-0.05, 0) is 42.5 Å². The van der Waals surface area contributed by atoms with Gasteiger partial charge >= 0.3 is 0 Å². The first-order valence-electron chi connectivity index (χ1n) is 9.63. The van der Waals surface area contributed by atoms with Gasteiger partial charge in [0.25, 0.3) is 5.91 Å². The maximum Gasteiger partial charge on any atom is 0.251 e. The number of carbonyl (C=O) groups is 2. The molecule has 0 spiro atoms. The van der Waals surface area contributed by atoms with E-state index in [1.807, 2.05) is 36.4 Å². The Morgan fingerprint density at radius 3 is 2.60 bits per heavy atom. The molecule has 4 rings (SSSR count). The second-order valence-corrected chi connectivity index (χ2v) is 6.83. The van der Waals surface area contributed by atoms with E-state index in [2.05, 4.69) is 20.2 Å². The van der Waals surface area contributed by atoms with Crippen molar-refractivity contribution in [2.24, 2.45) is 0 Å². The summed E-state index contributed by atoms with van der Waals surface area (Å²) in [6.45, 7) is 2.43. The van der Waals surface area contributed by atoms with Gasteiger partial charge in [0, 0.05) is 49.2 Å². The molecule has 0 saturated heterocycles. The Morgan fingerprint density at radius 1 is 1.00 bits per heavy atom. The molecule has 0 unspecified atom stereocenters. The summed E-state index contributed by atoms with van der Waals surface area (Å²) in [5, 5.41) is 5.64. The summed E-state index contributed by atoms with van der Waals surface area (Å²) in [4.78, 5) is 32.6. The molecular weight excluding hydrogens is 378 g/mol. The van der Waals surface area contributed by atoms with Gasteiger partial charge in [0.05, 0.1) is 11.0 Å². The first-order valence-corrected chi connectivity index (χ1v) is 9.63. The Morgan fingerprint density at radius 2 is 1.80 bits per heavy atom. The minimum atomic E-state index is -0.197. The summed E-state index contributed by atoms with van der Waals surface area (Å²) in [5.74, 6) is 0.459. The number of fused-ring (bicyclic) bond motifs is 1. The van der Waals surface area contributed by atoms with E-state index >= 15 is 0 Å². The van der Waals surface area contributed by atoms with Crippen molar-refractivity contribution >= 4 is 28.5 Å². The molecule has 150 valence electrons. The number of rotatable bonds is 6. The van der Waals surface area contributed by atoms with Gasteiger partial charge in [0.1, 0.15) is 5.82 Å². The van der Waals surface area contributed by atoms with Crippen molar-refractivity contribution in [3.63, 3.8) is 0 Å². The summed E-state index contributed by atoms with van der Waals surface area (Å²) in [6.07, 6.45) is 3.48. The molecule has 2 aromatic carbocycles. The molecule has 0 radical (unpaired) electrons. The SMILES string of the molecule is CC(=O)Nc1cccc(C(=O)NCCn2c(-c3ccncc3)nc3ccccc32)c1. The van der Waals surface area contributed by atoms with Crippen LogP contribution < -0.4 is 10.6 Å². The predicted octanol–water partition coefficient (Wildman–Crippen LogP) is 3.49. The average molecular weight is 399 g/mol. The highest BCUT2D eigenvalue weighted by molar-refractivity contribution is 5.96. The lowest BCUT2D eigenvalue weighted by Gasteiger charge is -2.11. The van der Waals surface area contributed by atoms with Gasteiger partial charge in [-0.3, -0.25) is 14.6 Å². The standard InChI is InChI=1S/C23H21N5O2/c1-16(29)26-19-6-4-5-18(15-19)23(30)25-13-14-28-21-8-3-2-7-20(21)27-22(28)17-9-11-24-12-10-17/h2-12,15H,13-14H2,1H3,(H,25,30)(H,26,29). The highest BCUT2D eigenvalue weighted by atomic mass is 16.2. The van der Waals surface area contributed by atoms with Crippen molar-refractivity contribution < 1.29 is 9.59 Å². The molecule has 4 aromatic rings. The van der Waals surface area contributed by atoms with Crippen LogP contribution in [0.25, 0.3) is 22.4 Å². The highest BCUT2D eigenvalue weighted by Crippen LogP contribution is 2.24. The topological polar surface area (TPSA) is 88.9 Å². The number of nitrogens with zero attached hydrogens (tertiary/aromatic N) is 3. The fourth-order valence-electron chi connectivity index (χ4n) is 3.35. The number of anilines is 1. The quantitative estimate of drug-likeness (QED) is 0.519. The van der Waals surface area contributed by atoms with Crippen molar-refractivity contribution in [1.29, 1.82) is 0 Å². The smallest absolute Gasteiger partial charge is 0.251 e. The second-order valence-electron chi connectivity index (χ2n) is 6.83. The molecule has 0 aliphatic rings. The van der Waals surface area contributed by atoms with Gasteiger partial charge in [-0.15, -0.1) is 0 Å². The lowest BCUT2D eigenvalue weighted by Crippen LogP contribution is -2.27. The molecule has 7 nitrogen and oxygen atoms in total. The number of pyridine rings is 1. The summed E-state index contributed by atoms with van der Waals surface area (Å²) >= 11 is 0. The van der Waals surface area contributed by atoms with Crippen LogP contribution in [0.3, 0.4) is 0 Å². The van der Waals surface area contributed by atoms with E-state index < -0.39 is 0 Å². The summed E-state index contributed by atoms with van der Waals surface area (Å²) in [5.41, 5.74) is 3.96. The Hall–Kier alpha value is -4.00. The Labute approximate surface area is 173 Å². The van der Waals surface area contributed by atoms with E-state index in [4.69, 9.17) is 4.98 Å². The minimum Gasteiger partial charge on any atom is -0.350 e.